The van der Waals surface area contributed by atoms with Gasteiger partial charge in [0.25, 0.3) is 5.91 Å². The highest BCUT2D eigenvalue weighted by molar-refractivity contribution is 6.04. The van der Waals surface area contributed by atoms with Gasteiger partial charge in [-0.2, -0.15) is 0 Å². The van der Waals surface area contributed by atoms with E-state index in [1.807, 2.05) is 6.92 Å². The minimum atomic E-state index is -1.16. The summed E-state index contributed by atoms with van der Waals surface area (Å²) in [5, 5.41) is 2.52. The number of aryl methyl sites for hydroxylation is 1. The predicted octanol–water partition coefficient (Wildman–Crippen LogP) is 3.53. The average molecular weight is 277 g/mol. The Morgan fingerprint density at radius 3 is 2.60 bits per heavy atom. The summed E-state index contributed by atoms with van der Waals surface area (Å²) in [5.41, 5.74) is 0.973. The van der Waals surface area contributed by atoms with Crippen molar-refractivity contribution in [1.29, 1.82) is 0 Å². The molecular weight excluding hydrogens is 264 g/mol. The van der Waals surface area contributed by atoms with Crippen molar-refractivity contribution in [2.75, 3.05) is 12.4 Å². The maximum atomic E-state index is 13.5. The van der Waals surface area contributed by atoms with Gasteiger partial charge in [0.15, 0.2) is 11.6 Å². The summed E-state index contributed by atoms with van der Waals surface area (Å²) in [6.07, 6.45) is 0. The molecule has 20 heavy (non-hydrogen) atoms. The highest BCUT2D eigenvalue weighted by Crippen LogP contribution is 2.22. The van der Waals surface area contributed by atoms with Crippen molar-refractivity contribution in [3.63, 3.8) is 0 Å². The van der Waals surface area contributed by atoms with Crippen LogP contribution in [0.2, 0.25) is 0 Å². The van der Waals surface area contributed by atoms with Gasteiger partial charge in [-0.1, -0.05) is 6.07 Å². The Hall–Kier alpha value is -2.43. The first-order valence-corrected chi connectivity index (χ1v) is 5.93. The molecule has 0 radical (unpaired) electrons. The number of ether oxygens (including phenoxy) is 1. The lowest BCUT2D eigenvalue weighted by Gasteiger charge is -2.09. The van der Waals surface area contributed by atoms with Crippen LogP contribution in [0.5, 0.6) is 5.75 Å². The first kappa shape index (κ1) is 14.0. The van der Waals surface area contributed by atoms with Crippen LogP contribution in [-0.2, 0) is 0 Å². The number of benzene rings is 2. The van der Waals surface area contributed by atoms with Crippen LogP contribution in [0.4, 0.5) is 14.5 Å². The van der Waals surface area contributed by atoms with Gasteiger partial charge in [-0.3, -0.25) is 4.79 Å². The summed E-state index contributed by atoms with van der Waals surface area (Å²) in [7, 11) is 1.54. The quantitative estimate of drug-likeness (QED) is 0.932. The Labute approximate surface area is 115 Å². The number of hydrogen-bond acceptors (Lipinski definition) is 2. The second-order valence-electron chi connectivity index (χ2n) is 4.24. The number of carbonyl (C=O) groups is 1. The van der Waals surface area contributed by atoms with E-state index in [1.165, 1.54) is 12.1 Å². The van der Waals surface area contributed by atoms with Gasteiger partial charge < -0.3 is 10.1 Å². The topological polar surface area (TPSA) is 38.3 Å². The molecule has 2 aromatic carbocycles. The Kier molecular flexibility index (Phi) is 3.98. The van der Waals surface area contributed by atoms with E-state index in [0.717, 1.165) is 11.6 Å². The normalized spacial score (nSPS) is 10.2. The zero-order valence-corrected chi connectivity index (χ0v) is 11.0. The number of rotatable bonds is 3. The van der Waals surface area contributed by atoms with Crippen LogP contribution < -0.4 is 10.1 Å². The van der Waals surface area contributed by atoms with Crippen LogP contribution in [0, 0.1) is 18.6 Å². The lowest BCUT2D eigenvalue weighted by Crippen LogP contribution is -2.14. The molecule has 0 spiro atoms. The van der Waals surface area contributed by atoms with Gasteiger partial charge in [0.1, 0.15) is 5.75 Å². The summed E-state index contributed by atoms with van der Waals surface area (Å²) in [5.74, 6) is -2.23. The van der Waals surface area contributed by atoms with Crippen molar-refractivity contribution in [1.82, 2.24) is 0 Å². The van der Waals surface area contributed by atoms with E-state index >= 15 is 0 Å². The van der Waals surface area contributed by atoms with Gasteiger partial charge in [-0.25, -0.2) is 8.78 Å². The molecule has 0 fully saturated rings. The molecule has 2 aromatic rings. The van der Waals surface area contributed by atoms with Gasteiger partial charge >= 0.3 is 0 Å². The molecule has 0 aliphatic rings. The van der Waals surface area contributed by atoms with Gasteiger partial charge in [0.2, 0.25) is 0 Å². The van der Waals surface area contributed by atoms with E-state index in [2.05, 4.69) is 5.32 Å². The second-order valence-corrected chi connectivity index (χ2v) is 4.24. The lowest BCUT2D eigenvalue weighted by atomic mass is 10.1. The van der Waals surface area contributed by atoms with Gasteiger partial charge in [-0.15, -0.1) is 0 Å². The fourth-order valence-electron chi connectivity index (χ4n) is 1.83. The molecule has 5 heteroatoms. The molecule has 0 bridgehead atoms. The van der Waals surface area contributed by atoms with Crippen LogP contribution in [0.25, 0.3) is 0 Å². The number of methoxy groups -OCH3 is 1. The van der Waals surface area contributed by atoms with Crippen molar-refractivity contribution in [2.45, 2.75) is 6.92 Å². The smallest absolute Gasteiger partial charge is 0.258 e. The van der Waals surface area contributed by atoms with Crippen molar-refractivity contribution in [3.05, 3.63) is 59.2 Å². The first-order chi connectivity index (χ1) is 9.52. The number of amides is 1. The van der Waals surface area contributed by atoms with Gasteiger partial charge in [0.05, 0.1) is 12.7 Å². The maximum Gasteiger partial charge on any atom is 0.258 e. The third kappa shape index (κ3) is 2.77. The largest absolute Gasteiger partial charge is 0.496 e. The molecule has 0 aromatic heterocycles. The van der Waals surface area contributed by atoms with Crippen LogP contribution >= 0.6 is 0 Å². The van der Waals surface area contributed by atoms with E-state index < -0.39 is 17.5 Å². The monoisotopic (exact) mass is 277 g/mol. The minimum Gasteiger partial charge on any atom is -0.496 e. The zero-order chi connectivity index (χ0) is 14.7. The minimum absolute atomic E-state index is 0.335. The molecule has 1 amide bonds. The van der Waals surface area contributed by atoms with Crippen LogP contribution in [-0.4, -0.2) is 13.0 Å². The van der Waals surface area contributed by atoms with Crippen molar-refractivity contribution >= 4 is 11.6 Å². The van der Waals surface area contributed by atoms with Crippen molar-refractivity contribution < 1.29 is 18.3 Å². The van der Waals surface area contributed by atoms with E-state index in [0.29, 0.717) is 11.4 Å². The Morgan fingerprint density at radius 2 is 1.95 bits per heavy atom. The molecule has 0 saturated carbocycles. The lowest BCUT2D eigenvalue weighted by molar-refractivity contribution is 0.102. The number of anilines is 1. The average Bonchev–Trinajstić information content (AvgIpc) is 2.42. The molecule has 3 nitrogen and oxygen atoms in total. The van der Waals surface area contributed by atoms with E-state index in [4.69, 9.17) is 4.74 Å². The Balaban J connectivity index is 2.24. The number of carbonyl (C=O) groups excluding carboxylic acids is 1. The third-order valence-corrected chi connectivity index (χ3v) is 2.85. The number of nitrogens with one attached hydrogen (secondary N) is 1. The van der Waals surface area contributed by atoms with Crippen LogP contribution in [0.1, 0.15) is 15.9 Å². The van der Waals surface area contributed by atoms with Gasteiger partial charge in [-0.05, 0) is 42.8 Å². The number of hydrogen-bond donors (Lipinski definition) is 1. The predicted molar refractivity (Wildman–Crippen MR) is 72.0 cm³/mol. The summed E-state index contributed by atoms with van der Waals surface area (Å²) in [6.45, 7) is 1.82. The number of halogens is 2. The summed E-state index contributed by atoms with van der Waals surface area (Å²) in [6, 6.07) is 8.47. The summed E-state index contributed by atoms with van der Waals surface area (Å²) < 4.78 is 31.7. The highest BCUT2D eigenvalue weighted by Gasteiger charge is 2.15. The molecule has 0 aliphatic heterocycles. The fraction of sp³-hybridized carbons (Fsp3) is 0.133. The maximum absolute atomic E-state index is 13.5. The SMILES string of the molecule is COc1ccc(NC(=O)c2cccc(F)c2F)cc1C. The molecule has 104 valence electrons. The second kappa shape index (κ2) is 5.69. The molecule has 0 saturated heterocycles. The Bertz CT molecular complexity index is 656. The van der Waals surface area contributed by atoms with E-state index in [-0.39, 0.29) is 5.56 Å². The highest BCUT2D eigenvalue weighted by atomic mass is 19.2. The standard InChI is InChI=1S/C15H13F2NO2/c1-9-8-10(6-7-13(9)20-2)18-15(19)11-4-3-5-12(16)14(11)17/h3-8H,1-2H3,(H,18,19). The molecule has 1 N–H and O–H groups in total. The first-order valence-electron chi connectivity index (χ1n) is 5.93. The summed E-state index contributed by atoms with van der Waals surface area (Å²) >= 11 is 0. The van der Waals surface area contributed by atoms with Crippen LogP contribution in [0.15, 0.2) is 36.4 Å². The fourth-order valence-corrected chi connectivity index (χ4v) is 1.83. The molecular formula is C15H13F2NO2. The Morgan fingerprint density at radius 1 is 1.20 bits per heavy atom. The van der Waals surface area contributed by atoms with Crippen molar-refractivity contribution in [3.8, 4) is 5.75 Å². The molecule has 0 heterocycles. The molecule has 0 atom stereocenters. The van der Waals surface area contributed by atoms with E-state index in [9.17, 15) is 13.6 Å². The molecule has 0 aliphatic carbocycles. The zero-order valence-electron chi connectivity index (χ0n) is 11.0. The molecule has 0 unspecified atom stereocenters. The summed E-state index contributed by atoms with van der Waals surface area (Å²) in [4.78, 5) is 11.9. The van der Waals surface area contributed by atoms with Gasteiger partial charge in [0, 0.05) is 5.69 Å². The van der Waals surface area contributed by atoms with Crippen LogP contribution in [0.3, 0.4) is 0 Å². The van der Waals surface area contributed by atoms with Crippen molar-refractivity contribution in [2.24, 2.45) is 0 Å². The van der Waals surface area contributed by atoms with E-state index in [1.54, 1.807) is 25.3 Å². The molecule has 2 rings (SSSR count). The third-order valence-electron chi connectivity index (χ3n) is 2.85.